The fraction of sp³-hybridized carbons (Fsp3) is 0.188. The molecule has 0 bridgehead atoms. The highest BCUT2D eigenvalue weighted by atomic mass is 19.3. The molecule has 0 spiro atoms. The van der Waals surface area contributed by atoms with E-state index in [9.17, 15) is 18.0 Å². The van der Waals surface area contributed by atoms with Crippen molar-refractivity contribution in [2.75, 3.05) is 11.9 Å². The number of hydrogen-bond acceptors (Lipinski definition) is 2. The van der Waals surface area contributed by atoms with E-state index < -0.39 is 12.6 Å². The van der Waals surface area contributed by atoms with Crippen LogP contribution in [-0.4, -0.2) is 19.2 Å². The summed E-state index contributed by atoms with van der Waals surface area (Å²) in [7, 11) is 0. The van der Waals surface area contributed by atoms with Crippen LogP contribution < -0.4 is 15.4 Å². The predicted molar refractivity (Wildman–Crippen MR) is 80.2 cm³/mol. The Morgan fingerprint density at radius 1 is 1.13 bits per heavy atom. The average molecular weight is 324 g/mol. The molecule has 7 heteroatoms. The van der Waals surface area contributed by atoms with Crippen molar-refractivity contribution < 1.29 is 22.7 Å². The van der Waals surface area contributed by atoms with E-state index in [1.165, 1.54) is 30.3 Å². The summed E-state index contributed by atoms with van der Waals surface area (Å²) in [5, 5.41) is 5.05. The predicted octanol–water partition coefficient (Wildman–Crippen LogP) is 3.79. The molecule has 0 unspecified atom stereocenters. The van der Waals surface area contributed by atoms with Crippen LogP contribution in [0.1, 0.15) is 5.56 Å². The van der Waals surface area contributed by atoms with Gasteiger partial charge in [-0.1, -0.05) is 24.3 Å². The number of alkyl halides is 2. The SMILES string of the molecule is O=C(NCCc1ccccc1F)Nc1cccc(OC(F)F)c1. The zero-order valence-corrected chi connectivity index (χ0v) is 12.1. The first-order valence-electron chi connectivity index (χ1n) is 6.88. The van der Waals surface area contributed by atoms with E-state index in [2.05, 4.69) is 15.4 Å². The molecule has 0 saturated heterocycles. The number of benzene rings is 2. The van der Waals surface area contributed by atoms with Gasteiger partial charge < -0.3 is 15.4 Å². The Morgan fingerprint density at radius 2 is 1.91 bits per heavy atom. The second-order valence-electron chi connectivity index (χ2n) is 4.63. The van der Waals surface area contributed by atoms with Gasteiger partial charge in [-0.3, -0.25) is 0 Å². The molecule has 0 aliphatic heterocycles. The molecule has 0 aliphatic rings. The van der Waals surface area contributed by atoms with Crippen LogP contribution in [0, 0.1) is 5.82 Å². The van der Waals surface area contributed by atoms with E-state index in [0.29, 0.717) is 17.7 Å². The molecule has 2 amide bonds. The highest BCUT2D eigenvalue weighted by molar-refractivity contribution is 5.89. The molecule has 0 saturated carbocycles. The van der Waals surface area contributed by atoms with Gasteiger partial charge in [0.1, 0.15) is 11.6 Å². The molecule has 2 N–H and O–H groups in total. The lowest BCUT2D eigenvalue weighted by atomic mass is 10.1. The number of halogens is 3. The molecule has 2 aromatic rings. The largest absolute Gasteiger partial charge is 0.435 e. The lowest BCUT2D eigenvalue weighted by Crippen LogP contribution is -2.30. The van der Waals surface area contributed by atoms with E-state index in [-0.39, 0.29) is 18.1 Å². The number of urea groups is 1. The third kappa shape index (κ3) is 5.54. The maximum absolute atomic E-state index is 13.4. The van der Waals surface area contributed by atoms with Crippen LogP contribution in [0.25, 0.3) is 0 Å². The van der Waals surface area contributed by atoms with Gasteiger partial charge in [0, 0.05) is 18.3 Å². The zero-order valence-electron chi connectivity index (χ0n) is 12.1. The Labute approximate surface area is 131 Å². The van der Waals surface area contributed by atoms with Gasteiger partial charge in [-0.2, -0.15) is 8.78 Å². The summed E-state index contributed by atoms with van der Waals surface area (Å²) in [5.41, 5.74) is 0.812. The first-order valence-corrected chi connectivity index (χ1v) is 6.88. The van der Waals surface area contributed by atoms with Crippen molar-refractivity contribution in [2.45, 2.75) is 13.0 Å². The number of anilines is 1. The number of carbonyl (C=O) groups excluding carboxylic acids is 1. The fourth-order valence-corrected chi connectivity index (χ4v) is 1.94. The molecule has 0 heterocycles. The molecule has 0 fully saturated rings. The van der Waals surface area contributed by atoms with E-state index >= 15 is 0 Å². The Balaban J connectivity index is 1.82. The van der Waals surface area contributed by atoms with Crippen molar-refractivity contribution in [3.63, 3.8) is 0 Å². The topological polar surface area (TPSA) is 50.4 Å². The van der Waals surface area contributed by atoms with Crippen molar-refractivity contribution in [3.05, 3.63) is 59.9 Å². The quantitative estimate of drug-likeness (QED) is 0.849. The molecule has 23 heavy (non-hydrogen) atoms. The molecule has 0 aromatic heterocycles. The van der Waals surface area contributed by atoms with Crippen LogP contribution in [0.2, 0.25) is 0 Å². The van der Waals surface area contributed by atoms with Crippen molar-refractivity contribution >= 4 is 11.7 Å². The average Bonchev–Trinajstić information content (AvgIpc) is 2.49. The third-order valence-electron chi connectivity index (χ3n) is 2.95. The summed E-state index contributed by atoms with van der Waals surface area (Å²) in [6.07, 6.45) is 0.342. The van der Waals surface area contributed by atoms with Crippen molar-refractivity contribution in [2.24, 2.45) is 0 Å². The Hall–Kier alpha value is -2.70. The Bertz CT molecular complexity index is 665. The normalized spacial score (nSPS) is 10.4. The molecular weight excluding hydrogens is 309 g/mol. The summed E-state index contributed by atoms with van der Waals surface area (Å²) in [5.74, 6) is -0.379. The molecule has 122 valence electrons. The first-order chi connectivity index (χ1) is 11.0. The highest BCUT2D eigenvalue weighted by Gasteiger charge is 2.07. The van der Waals surface area contributed by atoms with Crippen molar-refractivity contribution in [3.8, 4) is 5.75 Å². The van der Waals surface area contributed by atoms with Crippen LogP contribution >= 0.6 is 0 Å². The minimum absolute atomic E-state index is 0.0517. The Morgan fingerprint density at radius 3 is 2.65 bits per heavy atom. The van der Waals surface area contributed by atoms with E-state index in [4.69, 9.17) is 0 Å². The number of nitrogens with one attached hydrogen (secondary N) is 2. The minimum atomic E-state index is -2.93. The fourth-order valence-electron chi connectivity index (χ4n) is 1.94. The number of hydrogen-bond donors (Lipinski definition) is 2. The molecule has 2 rings (SSSR count). The molecule has 0 aliphatic carbocycles. The third-order valence-corrected chi connectivity index (χ3v) is 2.95. The highest BCUT2D eigenvalue weighted by Crippen LogP contribution is 2.19. The minimum Gasteiger partial charge on any atom is -0.435 e. The summed E-state index contributed by atoms with van der Waals surface area (Å²) >= 11 is 0. The van der Waals surface area contributed by atoms with Gasteiger partial charge in [0.15, 0.2) is 0 Å². The van der Waals surface area contributed by atoms with Gasteiger partial charge in [0.05, 0.1) is 0 Å². The summed E-state index contributed by atoms with van der Waals surface area (Å²) in [4.78, 5) is 11.7. The summed E-state index contributed by atoms with van der Waals surface area (Å²) in [6, 6.07) is 11.4. The Kier molecular flexibility index (Phi) is 5.85. The monoisotopic (exact) mass is 324 g/mol. The van der Waals surface area contributed by atoms with Gasteiger partial charge in [-0.15, -0.1) is 0 Å². The van der Waals surface area contributed by atoms with Gasteiger partial charge in [0.2, 0.25) is 0 Å². The smallest absolute Gasteiger partial charge is 0.387 e. The van der Waals surface area contributed by atoms with Crippen LogP contribution in [-0.2, 0) is 6.42 Å². The number of rotatable bonds is 6. The van der Waals surface area contributed by atoms with Crippen LogP contribution in [0.3, 0.4) is 0 Å². The van der Waals surface area contributed by atoms with Crippen molar-refractivity contribution in [1.82, 2.24) is 5.32 Å². The number of amides is 2. The lowest BCUT2D eigenvalue weighted by Gasteiger charge is -2.10. The first kappa shape index (κ1) is 16.7. The lowest BCUT2D eigenvalue weighted by molar-refractivity contribution is -0.0497. The molecule has 0 atom stereocenters. The maximum atomic E-state index is 13.4. The van der Waals surface area contributed by atoms with Gasteiger partial charge in [0.25, 0.3) is 0 Å². The van der Waals surface area contributed by atoms with Crippen LogP contribution in [0.15, 0.2) is 48.5 Å². The zero-order chi connectivity index (χ0) is 16.7. The maximum Gasteiger partial charge on any atom is 0.387 e. The molecule has 0 radical (unpaired) electrons. The summed E-state index contributed by atoms with van der Waals surface area (Å²) in [6.45, 7) is -2.69. The van der Waals surface area contributed by atoms with E-state index in [0.717, 1.165) is 0 Å². The molecular formula is C16H15F3N2O2. The van der Waals surface area contributed by atoms with Crippen molar-refractivity contribution in [1.29, 1.82) is 0 Å². The van der Waals surface area contributed by atoms with Gasteiger partial charge >= 0.3 is 12.6 Å². The number of ether oxygens (including phenoxy) is 1. The van der Waals surface area contributed by atoms with E-state index in [1.807, 2.05) is 0 Å². The van der Waals surface area contributed by atoms with Gasteiger partial charge in [-0.25, -0.2) is 9.18 Å². The van der Waals surface area contributed by atoms with Gasteiger partial charge in [-0.05, 0) is 30.2 Å². The number of carbonyl (C=O) groups is 1. The second-order valence-corrected chi connectivity index (χ2v) is 4.63. The standard InChI is InChI=1S/C16H15F3N2O2/c17-14-7-2-1-4-11(14)8-9-20-16(22)21-12-5-3-6-13(10-12)23-15(18)19/h1-7,10,15H,8-9H2,(H2,20,21,22). The van der Waals surface area contributed by atoms with E-state index in [1.54, 1.807) is 18.2 Å². The molecule has 2 aromatic carbocycles. The van der Waals surface area contributed by atoms with Crippen LogP contribution in [0.5, 0.6) is 5.75 Å². The second kappa shape index (κ2) is 8.07. The molecule has 4 nitrogen and oxygen atoms in total. The van der Waals surface area contributed by atoms with Crippen LogP contribution in [0.4, 0.5) is 23.7 Å². The summed E-state index contributed by atoms with van der Waals surface area (Å²) < 4.78 is 41.9.